The van der Waals surface area contributed by atoms with Crippen molar-refractivity contribution in [2.75, 3.05) is 6.61 Å². The summed E-state index contributed by atoms with van der Waals surface area (Å²) in [5, 5.41) is 12.8. The molecule has 2 aliphatic rings. The van der Waals surface area contributed by atoms with E-state index >= 15 is 0 Å². The smallest absolute Gasteiger partial charge is 0.218 e. The lowest BCUT2D eigenvalue weighted by Gasteiger charge is -2.41. The molecule has 116 valence electrons. The van der Waals surface area contributed by atoms with Crippen molar-refractivity contribution in [1.29, 1.82) is 0 Å². The first-order valence-corrected chi connectivity index (χ1v) is 8.05. The molecule has 2 fully saturated rings. The fraction of sp³-hybridized carbons (Fsp3) is 0.938. The summed E-state index contributed by atoms with van der Waals surface area (Å²) >= 11 is 0. The summed E-state index contributed by atoms with van der Waals surface area (Å²) in [6.07, 6.45) is 5.67. The van der Waals surface area contributed by atoms with Gasteiger partial charge < -0.3 is 15.2 Å². The summed E-state index contributed by atoms with van der Waals surface area (Å²) in [6.45, 7) is 6.48. The van der Waals surface area contributed by atoms with Crippen LogP contribution in [-0.2, 0) is 9.53 Å². The second kappa shape index (κ2) is 6.90. The monoisotopic (exact) mass is 283 g/mol. The van der Waals surface area contributed by atoms with Gasteiger partial charge in [-0.15, -0.1) is 0 Å². The first-order valence-electron chi connectivity index (χ1n) is 8.05. The Morgan fingerprint density at radius 3 is 2.75 bits per heavy atom. The number of nitrogens with one attached hydrogen (secondary N) is 1. The van der Waals surface area contributed by atoms with Crippen LogP contribution in [0, 0.1) is 23.7 Å². The topological polar surface area (TPSA) is 58.6 Å². The molecule has 6 atom stereocenters. The van der Waals surface area contributed by atoms with E-state index in [9.17, 15) is 9.90 Å². The fourth-order valence-electron chi connectivity index (χ4n) is 4.05. The normalized spacial score (nSPS) is 37.4. The molecule has 1 aliphatic carbocycles. The molecule has 0 radical (unpaired) electrons. The lowest BCUT2D eigenvalue weighted by Crippen LogP contribution is -2.45. The van der Waals surface area contributed by atoms with E-state index in [4.69, 9.17) is 4.74 Å². The number of fused-ring (bicyclic) bond motifs is 1. The van der Waals surface area contributed by atoms with Gasteiger partial charge in [-0.25, -0.2) is 0 Å². The molecule has 0 aromatic rings. The molecule has 1 saturated heterocycles. The van der Waals surface area contributed by atoms with Gasteiger partial charge in [0.05, 0.1) is 12.7 Å². The molecule has 4 nitrogen and oxygen atoms in total. The summed E-state index contributed by atoms with van der Waals surface area (Å²) in [7, 11) is 0. The number of rotatable bonds is 3. The van der Waals surface area contributed by atoms with Gasteiger partial charge in [-0.3, -0.25) is 4.79 Å². The zero-order chi connectivity index (χ0) is 14.7. The predicted octanol–water partition coefficient (Wildman–Crippen LogP) is 2.31. The second-order valence-corrected chi connectivity index (χ2v) is 6.74. The van der Waals surface area contributed by atoms with E-state index in [0.717, 1.165) is 25.4 Å². The molecule has 0 aromatic heterocycles. The Bertz CT molecular complexity index is 334. The molecule has 1 aliphatic heterocycles. The average Bonchev–Trinajstić information content (AvgIpc) is 2.59. The van der Waals surface area contributed by atoms with E-state index in [-0.39, 0.29) is 11.8 Å². The molecule has 0 spiro atoms. The van der Waals surface area contributed by atoms with E-state index in [1.54, 1.807) is 0 Å². The highest BCUT2D eigenvalue weighted by molar-refractivity contribution is 5.72. The zero-order valence-corrected chi connectivity index (χ0v) is 13.0. The number of amides is 1. The number of aliphatic hydroxyl groups excluding tert-OH is 1. The fourth-order valence-corrected chi connectivity index (χ4v) is 4.05. The van der Waals surface area contributed by atoms with Gasteiger partial charge in [0, 0.05) is 12.8 Å². The molecule has 20 heavy (non-hydrogen) atoms. The van der Waals surface area contributed by atoms with Crippen LogP contribution in [0.5, 0.6) is 0 Å². The van der Waals surface area contributed by atoms with Crippen molar-refractivity contribution in [2.45, 2.75) is 65.2 Å². The molecule has 2 N–H and O–H groups in total. The Morgan fingerprint density at radius 1 is 1.30 bits per heavy atom. The van der Waals surface area contributed by atoms with Crippen LogP contribution >= 0.6 is 0 Å². The van der Waals surface area contributed by atoms with E-state index in [0.29, 0.717) is 17.9 Å². The van der Waals surface area contributed by atoms with Gasteiger partial charge >= 0.3 is 0 Å². The Balaban J connectivity index is 2.03. The predicted molar refractivity (Wildman–Crippen MR) is 78.0 cm³/mol. The Labute approximate surface area is 122 Å². The highest BCUT2D eigenvalue weighted by atomic mass is 16.5. The van der Waals surface area contributed by atoms with Gasteiger partial charge in [0.15, 0.2) is 0 Å². The standard InChI is InChI=1S/C16H29NO3/c1-10-7-8-13-5-4-6-14(15(13)9-20-10)11(2)16(19)17-12(3)18/h10-11,13-16,19H,4-9H2,1-3H3,(H,17,18). The minimum Gasteiger partial charge on any atom is -0.378 e. The Kier molecular flexibility index (Phi) is 5.44. The molecule has 2 rings (SSSR count). The summed E-state index contributed by atoms with van der Waals surface area (Å²) in [6, 6.07) is 0. The average molecular weight is 283 g/mol. The van der Waals surface area contributed by atoms with Crippen molar-refractivity contribution >= 4 is 5.91 Å². The Hall–Kier alpha value is -0.610. The molecule has 0 bridgehead atoms. The zero-order valence-electron chi connectivity index (χ0n) is 13.0. The number of hydrogen-bond acceptors (Lipinski definition) is 3. The van der Waals surface area contributed by atoms with Crippen LogP contribution in [0.3, 0.4) is 0 Å². The first-order chi connectivity index (χ1) is 9.49. The molecule has 0 aromatic carbocycles. The first kappa shape index (κ1) is 15.8. The highest BCUT2D eigenvalue weighted by Crippen LogP contribution is 2.43. The van der Waals surface area contributed by atoms with E-state index in [1.807, 2.05) is 0 Å². The SMILES string of the molecule is CC(=O)NC(O)C(C)C1CCCC2CCC(C)OCC21. The van der Waals surface area contributed by atoms with Gasteiger partial charge in [0.2, 0.25) is 5.91 Å². The number of ether oxygens (including phenoxy) is 1. The van der Waals surface area contributed by atoms with Gasteiger partial charge in [-0.2, -0.15) is 0 Å². The third kappa shape index (κ3) is 3.73. The van der Waals surface area contributed by atoms with Crippen LogP contribution in [0.25, 0.3) is 0 Å². The third-order valence-corrected chi connectivity index (χ3v) is 5.31. The summed E-state index contributed by atoms with van der Waals surface area (Å²) in [5.41, 5.74) is 0. The van der Waals surface area contributed by atoms with Crippen molar-refractivity contribution in [3.63, 3.8) is 0 Å². The third-order valence-electron chi connectivity index (χ3n) is 5.31. The lowest BCUT2D eigenvalue weighted by atomic mass is 9.66. The van der Waals surface area contributed by atoms with Gasteiger partial charge in [0.1, 0.15) is 6.23 Å². The van der Waals surface area contributed by atoms with E-state index < -0.39 is 6.23 Å². The molecule has 6 unspecified atom stereocenters. The second-order valence-electron chi connectivity index (χ2n) is 6.74. The van der Waals surface area contributed by atoms with Gasteiger partial charge in [-0.1, -0.05) is 19.8 Å². The van der Waals surface area contributed by atoms with Crippen LogP contribution in [0.1, 0.15) is 52.9 Å². The van der Waals surface area contributed by atoms with Crippen LogP contribution in [-0.4, -0.2) is 30.0 Å². The van der Waals surface area contributed by atoms with E-state index in [2.05, 4.69) is 19.2 Å². The van der Waals surface area contributed by atoms with E-state index in [1.165, 1.54) is 26.2 Å². The highest BCUT2D eigenvalue weighted by Gasteiger charge is 2.39. The van der Waals surface area contributed by atoms with Crippen molar-refractivity contribution in [1.82, 2.24) is 5.32 Å². The van der Waals surface area contributed by atoms with Crippen LogP contribution < -0.4 is 5.32 Å². The molecule has 1 heterocycles. The molecular weight excluding hydrogens is 254 g/mol. The van der Waals surface area contributed by atoms with Gasteiger partial charge in [-0.05, 0) is 43.9 Å². The quantitative estimate of drug-likeness (QED) is 0.781. The summed E-state index contributed by atoms with van der Waals surface area (Å²) < 4.78 is 5.94. The minimum absolute atomic E-state index is 0.0868. The van der Waals surface area contributed by atoms with Crippen molar-refractivity contribution in [3.05, 3.63) is 0 Å². The maximum Gasteiger partial charge on any atom is 0.218 e. The molecule has 1 amide bonds. The number of hydrogen-bond donors (Lipinski definition) is 2. The number of carbonyl (C=O) groups excluding carboxylic acids is 1. The minimum atomic E-state index is -0.739. The summed E-state index contributed by atoms with van der Waals surface area (Å²) in [4.78, 5) is 11.1. The largest absolute Gasteiger partial charge is 0.378 e. The Morgan fingerprint density at radius 2 is 2.05 bits per heavy atom. The molecule has 1 saturated carbocycles. The van der Waals surface area contributed by atoms with Crippen LogP contribution in [0.4, 0.5) is 0 Å². The maximum absolute atomic E-state index is 11.1. The van der Waals surface area contributed by atoms with Crippen molar-refractivity contribution < 1.29 is 14.6 Å². The van der Waals surface area contributed by atoms with Gasteiger partial charge in [0.25, 0.3) is 0 Å². The van der Waals surface area contributed by atoms with Crippen molar-refractivity contribution in [3.8, 4) is 0 Å². The summed E-state index contributed by atoms with van der Waals surface area (Å²) in [5.74, 6) is 1.63. The van der Waals surface area contributed by atoms with Crippen LogP contribution in [0.2, 0.25) is 0 Å². The maximum atomic E-state index is 11.1. The molecular formula is C16H29NO3. The van der Waals surface area contributed by atoms with Crippen LogP contribution in [0.15, 0.2) is 0 Å². The number of aliphatic hydroxyl groups is 1. The van der Waals surface area contributed by atoms with Crippen molar-refractivity contribution in [2.24, 2.45) is 23.7 Å². The molecule has 4 heteroatoms. The lowest BCUT2D eigenvalue weighted by molar-refractivity contribution is -0.124. The number of carbonyl (C=O) groups is 1.